The van der Waals surface area contributed by atoms with Gasteiger partial charge in [-0.1, -0.05) is 12.1 Å². The standard InChI is InChI=1S/C10H8BrNO2S2/c1-16(13,14)8-4-2-7(3-5-8)10-12-9(11)6-15-10/h2-6H,1H3. The van der Waals surface area contributed by atoms with Crippen LogP contribution in [0.5, 0.6) is 0 Å². The maximum Gasteiger partial charge on any atom is 0.175 e. The van der Waals surface area contributed by atoms with E-state index in [0.717, 1.165) is 15.2 Å². The number of thiazole rings is 1. The largest absolute Gasteiger partial charge is 0.229 e. The lowest BCUT2D eigenvalue weighted by Crippen LogP contribution is -1.96. The Balaban J connectivity index is 2.40. The summed E-state index contributed by atoms with van der Waals surface area (Å²) in [5, 5.41) is 2.76. The molecule has 0 N–H and O–H groups in total. The monoisotopic (exact) mass is 317 g/mol. The molecule has 0 saturated heterocycles. The highest BCUT2D eigenvalue weighted by Gasteiger charge is 2.08. The van der Waals surface area contributed by atoms with Gasteiger partial charge in [0.15, 0.2) is 9.84 Å². The van der Waals surface area contributed by atoms with Crippen molar-refractivity contribution in [2.75, 3.05) is 6.26 Å². The molecular formula is C10H8BrNO2S2. The Labute approximate surface area is 106 Å². The van der Waals surface area contributed by atoms with Crippen LogP contribution >= 0.6 is 27.3 Å². The first-order valence-electron chi connectivity index (χ1n) is 4.38. The van der Waals surface area contributed by atoms with Gasteiger partial charge in [0.25, 0.3) is 0 Å². The minimum absolute atomic E-state index is 0.326. The Hall–Kier alpha value is -0.720. The first kappa shape index (κ1) is 11.8. The summed E-state index contributed by atoms with van der Waals surface area (Å²) in [5.41, 5.74) is 0.920. The Morgan fingerprint density at radius 1 is 1.25 bits per heavy atom. The molecule has 0 bridgehead atoms. The van der Waals surface area contributed by atoms with Crippen LogP contribution in [-0.4, -0.2) is 19.7 Å². The van der Waals surface area contributed by atoms with Crippen LogP contribution in [-0.2, 0) is 9.84 Å². The molecule has 2 aromatic rings. The minimum atomic E-state index is -3.12. The van der Waals surface area contributed by atoms with Crippen molar-refractivity contribution in [2.24, 2.45) is 0 Å². The summed E-state index contributed by atoms with van der Waals surface area (Å²) in [5.74, 6) is 0. The molecule has 1 heterocycles. The van der Waals surface area contributed by atoms with Gasteiger partial charge < -0.3 is 0 Å². The third kappa shape index (κ3) is 2.50. The fraction of sp³-hybridized carbons (Fsp3) is 0.100. The van der Waals surface area contributed by atoms with E-state index >= 15 is 0 Å². The smallest absolute Gasteiger partial charge is 0.175 e. The molecule has 0 atom stereocenters. The Kier molecular flexibility index (Phi) is 3.14. The second kappa shape index (κ2) is 4.27. The third-order valence-electron chi connectivity index (χ3n) is 2.01. The maximum atomic E-state index is 11.3. The number of hydrogen-bond acceptors (Lipinski definition) is 4. The highest BCUT2D eigenvalue weighted by Crippen LogP contribution is 2.26. The van der Waals surface area contributed by atoms with Gasteiger partial charge in [0, 0.05) is 17.2 Å². The number of nitrogens with zero attached hydrogens (tertiary/aromatic N) is 1. The van der Waals surface area contributed by atoms with Crippen LogP contribution in [0.3, 0.4) is 0 Å². The molecule has 84 valence electrons. The number of sulfone groups is 1. The Morgan fingerprint density at radius 3 is 2.31 bits per heavy atom. The summed E-state index contributed by atoms with van der Waals surface area (Å²) in [6.07, 6.45) is 1.20. The molecule has 1 aromatic heterocycles. The van der Waals surface area contributed by atoms with Crippen LogP contribution in [0.25, 0.3) is 10.6 Å². The van der Waals surface area contributed by atoms with E-state index in [-0.39, 0.29) is 0 Å². The van der Waals surface area contributed by atoms with Gasteiger partial charge in [-0.3, -0.25) is 0 Å². The molecule has 0 amide bonds. The van der Waals surface area contributed by atoms with E-state index in [1.807, 2.05) is 5.38 Å². The molecule has 0 fully saturated rings. The highest BCUT2D eigenvalue weighted by atomic mass is 79.9. The summed E-state index contributed by atoms with van der Waals surface area (Å²) in [6, 6.07) is 6.73. The number of hydrogen-bond donors (Lipinski definition) is 0. The lowest BCUT2D eigenvalue weighted by molar-refractivity contribution is 0.602. The van der Waals surface area contributed by atoms with Gasteiger partial charge in [-0.25, -0.2) is 13.4 Å². The van der Waals surface area contributed by atoms with Crippen molar-refractivity contribution in [2.45, 2.75) is 4.90 Å². The summed E-state index contributed by atoms with van der Waals surface area (Å²) >= 11 is 4.79. The van der Waals surface area contributed by atoms with Gasteiger partial charge in [0.2, 0.25) is 0 Å². The van der Waals surface area contributed by atoms with Crippen LogP contribution < -0.4 is 0 Å². The predicted octanol–water partition coefficient (Wildman–Crippen LogP) is 2.98. The molecule has 0 aliphatic rings. The van der Waals surface area contributed by atoms with Crippen LogP contribution in [0, 0.1) is 0 Å². The number of rotatable bonds is 2. The Morgan fingerprint density at radius 2 is 1.88 bits per heavy atom. The van der Waals surface area contributed by atoms with Crippen molar-refractivity contribution < 1.29 is 8.42 Å². The molecule has 3 nitrogen and oxygen atoms in total. The molecule has 2 rings (SSSR count). The SMILES string of the molecule is CS(=O)(=O)c1ccc(-c2nc(Br)cs2)cc1. The summed E-state index contributed by atoms with van der Waals surface area (Å²) in [6.45, 7) is 0. The fourth-order valence-electron chi connectivity index (χ4n) is 1.23. The molecule has 0 aliphatic carbocycles. The lowest BCUT2D eigenvalue weighted by Gasteiger charge is -1.99. The molecule has 0 unspecified atom stereocenters. The number of aromatic nitrogens is 1. The zero-order valence-electron chi connectivity index (χ0n) is 8.34. The van der Waals surface area contributed by atoms with Crippen molar-refractivity contribution in [3.8, 4) is 10.6 Å². The molecule has 6 heteroatoms. The molecule has 0 spiro atoms. The van der Waals surface area contributed by atoms with E-state index in [1.54, 1.807) is 24.3 Å². The van der Waals surface area contributed by atoms with Crippen LogP contribution in [0.15, 0.2) is 39.1 Å². The van der Waals surface area contributed by atoms with Crippen LogP contribution in [0.1, 0.15) is 0 Å². The number of benzene rings is 1. The van der Waals surface area contributed by atoms with E-state index in [0.29, 0.717) is 4.90 Å². The zero-order chi connectivity index (χ0) is 11.8. The van der Waals surface area contributed by atoms with E-state index in [9.17, 15) is 8.42 Å². The van der Waals surface area contributed by atoms with Crippen LogP contribution in [0.2, 0.25) is 0 Å². The van der Waals surface area contributed by atoms with E-state index in [1.165, 1.54) is 17.6 Å². The van der Waals surface area contributed by atoms with Gasteiger partial charge >= 0.3 is 0 Å². The molecule has 0 aliphatic heterocycles. The first-order chi connectivity index (χ1) is 7.47. The van der Waals surface area contributed by atoms with Gasteiger partial charge in [-0.2, -0.15) is 0 Å². The van der Waals surface area contributed by atoms with E-state index < -0.39 is 9.84 Å². The fourth-order valence-corrected chi connectivity index (χ4v) is 3.12. The van der Waals surface area contributed by atoms with Crippen molar-refractivity contribution in [1.29, 1.82) is 0 Å². The predicted molar refractivity (Wildman–Crippen MR) is 68.4 cm³/mol. The van der Waals surface area contributed by atoms with Crippen molar-refractivity contribution >= 4 is 37.1 Å². The topological polar surface area (TPSA) is 47.0 Å². The molecule has 0 saturated carbocycles. The molecule has 0 radical (unpaired) electrons. The van der Waals surface area contributed by atoms with E-state index in [4.69, 9.17) is 0 Å². The van der Waals surface area contributed by atoms with Crippen LogP contribution in [0.4, 0.5) is 0 Å². The summed E-state index contributed by atoms with van der Waals surface area (Å²) in [4.78, 5) is 4.58. The quantitative estimate of drug-likeness (QED) is 0.855. The van der Waals surface area contributed by atoms with Crippen molar-refractivity contribution in [3.63, 3.8) is 0 Å². The zero-order valence-corrected chi connectivity index (χ0v) is 11.6. The normalized spacial score (nSPS) is 11.6. The first-order valence-corrected chi connectivity index (χ1v) is 7.95. The second-order valence-electron chi connectivity index (χ2n) is 3.27. The molecule has 16 heavy (non-hydrogen) atoms. The van der Waals surface area contributed by atoms with Crippen molar-refractivity contribution in [3.05, 3.63) is 34.2 Å². The molecule has 1 aromatic carbocycles. The third-order valence-corrected chi connectivity index (χ3v) is 4.73. The lowest BCUT2D eigenvalue weighted by atomic mass is 10.2. The van der Waals surface area contributed by atoms with E-state index in [2.05, 4.69) is 20.9 Å². The summed E-state index contributed by atoms with van der Waals surface area (Å²) in [7, 11) is -3.12. The second-order valence-corrected chi connectivity index (χ2v) is 6.96. The highest BCUT2D eigenvalue weighted by molar-refractivity contribution is 9.10. The summed E-state index contributed by atoms with van der Waals surface area (Å²) < 4.78 is 23.3. The maximum absolute atomic E-state index is 11.3. The average Bonchev–Trinajstić information content (AvgIpc) is 2.64. The average molecular weight is 318 g/mol. The van der Waals surface area contributed by atoms with Gasteiger partial charge in [-0.05, 0) is 28.1 Å². The number of halogens is 1. The van der Waals surface area contributed by atoms with Gasteiger partial charge in [0.1, 0.15) is 9.61 Å². The van der Waals surface area contributed by atoms with Crippen molar-refractivity contribution in [1.82, 2.24) is 4.98 Å². The Bertz CT molecular complexity index is 602. The van der Waals surface area contributed by atoms with Gasteiger partial charge in [-0.15, -0.1) is 11.3 Å². The minimum Gasteiger partial charge on any atom is -0.229 e. The molecular weight excluding hydrogens is 310 g/mol. The van der Waals surface area contributed by atoms with Gasteiger partial charge in [0.05, 0.1) is 4.90 Å².